The number of rotatable bonds is 7. The fourth-order valence-corrected chi connectivity index (χ4v) is 1.88. The summed E-state index contributed by atoms with van der Waals surface area (Å²) in [5, 5.41) is 7.23. The largest absolute Gasteiger partial charge is 0.315 e. The minimum Gasteiger partial charge on any atom is -0.315 e. The van der Waals surface area contributed by atoms with Gasteiger partial charge in [-0.15, -0.1) is 0 Å². The quantitative estimate of drug-likeness (QED) is 0.666. The van der Waals surface area contributed by atoms with Gasteiger partial charge in [0.15, 0.2) is 0 Å². The van der Waals surface area contributed by atoms with Crippen molar-refractivity contribution in [3.05, 3.63) is 18.5 Å². The van der Waals surface area contributed by atoms with Gasteiger partial charge < -0.3 is 5.32 Å². The summed E-state index contributed by atoms with van der Waals surface area (Å²) in [5.74, 6) is 0.252. The minimum atomic E-state index is -2.81. The van der Waals surface area contributed by atoms with Crippen molar-refractivity contribution in [1.82, 2.24) is 15.1 Å². The van der Waals surface area contributed by atoms with Crippen LogP contribution >= 0.6 is 0 Å². The molecule has 0 saturated heterocycles. The molecule has 1 rings (SSSR count). The van der Waals surface area contributed by atoms with Crippen LogP contribution in [0.4, 0.5) is 0 Å². The highest BCUT2D eigenvalue weighted by atomic mass is 32.2. The average molecular weight is 231 g/mol. The van der Waals surface area contributed by atoms with Crippen molar-refractivity contribution < 1.29 is 8.42 Å². The van der Waals surface area contributed by atoms with Crippen LogP contribution in [0, 0.1) is 0 Å². The second-order valence-corrected chi connectivity index (χ2v) is 5.76. The third-order valence-electron chi connectivity index (χ3n) is 1.95. The van der Waals surface area contributed by atoms with E-state index in [0.29, 0.717) is 6.42 Å². The lowest BCUT2D eigenvalue weighted by molar-refractivity contribution is 0.550. The molecule has 1 aromatic rings. The van der Waals surface area contributed by atoms with Gasteiger partial charge in [-0.25, -0.2) is 8.42 Å². The summed E-state index contributed by atoms with van der Waals surface area (Å²) in [6.07, 6.45) is 5.57. The van der Waals surface area contributed by atoms with Crippen LogP contribution in [0.1, 0.15) is 6.42 Å². The van der Waals surface area contributed by atoms with Crippen LogP contribution in [0.15, 0.2) is 18.5 Å². The Balaban J connectivity index is 1.99. The van der Waals surface area contributed by atoms with Crippen LogP contribution in [0.3, 0.4) is 0 Å². The number of hydrogen-bond donors (Lipinski definition) is 1. The Hall–Kier alpha value is -0.880. The summed E-state index contributed by atoms with van der Waals surface area (Å²) in [5.41, 5.74) is 0. The Morgan fingerprint density at radius 1 is 1.40 bits per heavy atom. The van der Waals surface area contributed by atoms with E-state index in [0.717, 1.165) is 19.6 Å². The number of sulfone groups is 1. The Labute approximate surface area is 90.4 Å². The van der Waals surface area contributed by atoms with E-state index in [1.165, 1.54) is 6.26 Å². The van der Waals surface area contributed by atoms with Crippen molar-refractivity contribution in [1.29, 1.82) is 0 Å². The molecule has 86 valence electrons. The first-order valence-electron chi connectivity index (χ1n) is 4.94. The minimum absolute atomic E-state index is 0.252. The highest BCUT2D eigenvalue weighted by molar-refractivity contribution is 7.90. The molecule has 0 aromatic carbocycles. The van der Waals surface area contributed by atoms with Gasteiger partial charge in [-0.3, -0.25) is 4.68 Å². The van der Waals surface area contributed by atoms with Gasteiger partial charge in [0.2, 0.25) is 0 Å². The summed E-state index contributed by atoms with van der Waals surface area (Å²) >= 11 is 0. The van der Waals surface area contributed by atoms with E-state index in [2.05, 4.69) is 10.4 Å². The van der Waals surface area contributed by atoms with Gasteiger partial charge >= 0.3 is 0 Å². The lowest BCUT2D eigenvalue weighted by atomic mass is 10.4. The maximum absolute atomic E-state index is 10.8. The maximum atomic E-state index is 10.8. The van der Waals surface area contributed by atoms with Crippen LogP contribution < -0.4 is 5.32 Å². The van der Waals surface area contributed by atoms with E-state index in [-0.39, 0.29) is 5.75 Å². The predicted octanol–water partition coefficient (Wildman–Crippen LogP) is -0.0926. The molecule has 1 N–H and O–H groups in total. The van der Waals surface area contributed by atoms with Gasteiger partial charge in [0.1, 0.15) is 9.84 Å². The van der Waals surface area contributed by atoms with Gasteiger partial charge in [-0.2, -0.15) is 5.10 Å². The lowest BCUT2D eigenvalue weighted by Gasteiger charge is -2.04. The molecule has 0 unspecified atom stereocenters. The van der Waals surface area contributed by atoms with E-state index in [4.69, 9.17) is 0 Å². The van der Waals surface area contributed by atoms with Gasteiger partial charge in [0, 0.05) is 25.2 Å². The van der Waals surface area contributed by atoms with Crippen molar-refractivity contribution in [2.24, 2.45) is 0 Å². The second kappa shape index (κ2) is 5.87. The molecule has 0 atom stereocenters. The van der Waals surface area contributed by atoms with Crippen molar-refractivity contribution >= 4 is 9.84 Å². The summed E-state index contributed by atoms with van der Waals surface area (Å²) in [4.78, 5) is 0. The van der Waals surface area contributed by atoms with Crippen LogP contribution in [-0.2, 0) is 16.4 Å². The van der Waals surface area contributed by atoms with Crippen molar-refractivity contribution in [3.8, 4) is 0 Å². The third-order valence-corrected chi connectivity index (χ3v) is 2.98. The molecule has 0 bridgehead atoms. The standard InChI is InChI=1S/C9H17N3O2S/c1-15(13,14)9-3-4-10-6-8-12-7-2-5-11-12/h2,5,7,10H,3-4,6,8-9H2,1H3. The maximum Gasteiger partial charge on any atom is 0.147 e. The first-order chi connectivity index (χ1) is 7.08. The highest BCUT2D eigenvalue weighted by Gasteiger charge is 2.00. The molecule has 5 nitrogen and oxygen atoms in total. The smallest absolute Gasteiger partial charge is 0.147 e. The van der Waals surface area contributed by atoms with E-state index in [9.17, 15) is 8.42 Å². The molecule has 0 saturated carbocycles. The Bertz CT molecular complexity index is 359. The van der Waals surface area contributed by atoms with Crippen LogP contribution in [-0.4, -0.2) is 43.3 Å². The monoisotopic (exact) mass is 231 g/mol. The molecule has 0 aliphatic rings. The molecule has 0 fully saturated rings. The topological polar surface area (TPSA) is 64.0 Å². The first-order valence-corrected chi connectivity index (χ1v) is 7.00. The van der Waals surface area contributed by atoms with E-state index >= 15 is 0 Å². The molecule has 0 amide bonds. The zero-order valence-electron chi connectivity index (χ0n) is 8.89. The highest BCUT2D eigenvalue weighted by Crippen LogP contribution is 1.87. The van der Waals surface area contributed by atoms with Gasteiger partial charge in [-0.05, 0) is 19.0 Å². The zero-order valence-corrected chi connectivity index (χ0v) is 9.70. The number of nitrogens with one attached hydrogen (secondary N) is 1. The summed E-state index contributed by atoms with van der Waals surface area (Å²) in [6.45, 7) is 2.35. The first kappa shape index (κ1) is 12.2. The second-order valence-electron chi connectivity index (χ2n) is 3.50. The zero-order chi connectivity index (χ0) is 11.1. The van der Waals surface area contributed by atoms with Crippen molar-refractivity contribution in [2.75, 3.05) is 25.1 Å². The van der Waals surface area contributed by atoms with Gasteiger partial charge in [0.25, 0.3) is 0 Å². The Kier molecular flexibility index (Phi) is 4.77. The fraction of sp³-hybridized carbons (Fsp3) is 0.667. The third kappa shape index (κ3) is 6.24. The molecular weight excluding hydrogens is 214 g/mol. The predicted molar refractivity (Wildman–Crippen MR) is 59.4 cm³/mol. The molecule has 0 aliphatic carbocycles. The molecule has 6 heteroatoms. The fourth-order valence-electron chi connectivity index (χ4n) is 1.21. The van der Waals surface area contributed by atoms with E-state index < -0.39 is 9.84 Å². The molecule has 15 heavy (non-hydrogen) atoms. The molecule has 1 aromatic heterocycles. The summed E-state index contributed by atoms with van der Waals surface area (Å²) < 4.78 is 23.5. The van der Waals surface area contributed by atoms with Crippen molar-refractivity contribution in [3.63, 3.8) is 0 Å². The molecule has 1 heterocycles. The number of hydrogen-bond acceptors (Lipinski definition) is 4. The van der Waals surface area contributed by atoms with Gasteiger partial charge in [-0.1, -0.05) is 0 Å². The van der Waals surface area contributed by atoms with Gasteiger partial charge in [0.05, 0.1) is 12.3 Å². The normalized spacial score (nSPS) is 11.8. The van der Waals surface area contributed by atoms with Crippen LogP contribution in [0.25, 0.3) is 0 Å². The molecular formula is C9H17N3O2S. The number of aromatic nitrogens is 2. The summed E-state index contributed by atoms with van der Waals surface area (Å²) in [6, 6.07) is 1.88. The van der Waals surface area contributed by atoms with E-state index in [1.54, 1.807) is 6.20 Å². The summed E-state index contributed by atoms with van der Waals surface area (Å²) in [7, 11) is -2.81. The molecule has 0 aliphatic heterocycles. The average Bonchev–Trinajstić information content (AvgIpc) is 2.61. The Morgan fingerprint density at radius 2 is 2.20 bits per heavy atom. The van der Waals surface area contributed by atoms with Crippen LogP contribution in [0.5, 0.6) is 0 Å². The van der Waals surface area contributed by atoms with Crippen molar-refractivity contribution in [2.45, 2.75) is 13.0 Å². The SMILES string of the molecule is CS(=O)(=O)CCCNCCn1cccn1. The van der Waals surface area contributed by atoms with Crippen LogP contribution in [0.2, 0.25) is 0 Å². The number of nitrogens with zero attached hydrogens (tertiary/aromatic N) is 2. The molecule has 0 radical (unpaired) electrons. The van der Waals surface area contributed by atoms with E-state index in [1.807, 2.05) is 16.9 Å². The molecule has 0 spiro atoms. The lowest BCUT2D eigenvalue weighted by Crippen LogP contribution is -2.22. The Morgan fingerprint density at radius 3 is 2.80 bits per heavy atom.